The molecule has 1 atom stereocenters. The number of amides is 1. The van der Waals surface area contributed by atoms with Gasteiger partial charge in [0.25, 0.3) is 5.91 Å². The van der Waals surface area contributed by atoms with Crippen LogP contribution in [0.5, 0.6) is 0 Å². The van der Waals surface area contributed by atoms with Crippen molar-refractivity contribution >= 4 is 11.6 Å². The number of hydrogen-bond donors (Lipinski definition) is 2. The van der Waals surface area contributed by atoms with Gasteiger partial charge in [0.1, 0.15) is 5.60 Å². The summed E-state index contributed by atoms with van der Waals surface area (Å²) in [6.45, 7) is 4.79. The maximum Gasteiger partial charge on any atom is 0.282 e. The first kappa shape index (κ1) is 24.6. The van der Waals surface area contributed by atoms with Crippen molar-refractivity contribution in [1.29, 1.82) is 0 Å². The van der Waals surface area contributed by atoms with Crippen molar-refractivity contribution in [2.75, 3.05) is 25.0 Å². The zero-order valence-corrected chi connectivity index (χ0v) is 21.2. The predicted molar refractivity (Wildman–Crippen MR) is 132 cm³/mol. The highest BCUT2D eigenvalue weighted by molar-refractivity contribution is 5.93. The van der Waals surface area contributed by atoms with Crippen LogP contribution in [-0.4, -0.2) is 41.2 Å². The SMILES string of the molecule is C[C@@H](C(=O)Nc1ccccc1)[N+]12CCC(C(O)(c3ccccc3)c3ccccc3)(CC1)CC2.[Br-]. The monoisotopic (exact) mass is 520 g/mol. The number of para-hydroxylation sites is 1. The molecule has 3 heterocycles. The lowest BCUT2D eigenvalue weighted by atomic mass is 9.56. The van der Waals surface area contributed by atoms with Gasteiger partial charge in [0.15, 0.2) is 6.04 Å². The Morgan fingerprint density at radius 2 is 1.24 bits per heavy atom. The molecule has 34 heavy (non-hydrogen) atoms. The average Bonchev–Trinajstić information content (AvgIpc) is 2.90. The van der Waals surface area contributed by atoms with Crippen LogP contribution in [0, 0.1) is 5.41 Å². The topological polar surface area (TPSA) is 49.3 Å². The summed E-state index contributed by atoms with van der Waals surface area (Å²) in [5, 5.41) is 15.6. The molecular formula is C29H33BrN2O2. The molecule has 0 saturated carbocycles. The van der Waals surface area contributed by atoms with E-state index >= 15 is 0 Å². The maximum atomic E-state index is 13.1. The first-order valence-electron chi connectivity index (χ1n) is 12.0. The number of rotatable bonds is 6. The smallest absolute Gasteiger partial charge is 0.282 e. The Bertz CT molecular complexity index is 1040. The van der Waals surface area contributed by atoms with E-state index < -0.39 is 5.60 Å². The number of carbonyl (C=O) groups excluding carboxylic acids is 1. The van der Waals surface area contributed by atoms with Crippen molar-refractivity contribution in [2.24, 2.45) is 5.41 Å². The molecule has 3 aromatic carbocycles. The lowest BCUT2D eigenvalue weighted by molar-refractivity contribution is -0.958. The highest BCUT2D eigenvalue weighted by atomic mass is 79.9. The fourth-order valence-corrected chi connectivity index (χ4v) is 6.30. The maximum absolute atomic E-state index is 13.1. The second kappa shape index (κ2) is 9.65. The van der Waals surface area contributed by atoms with Crippen LogP contribution in [0.2, 0.25) is 0 Å². The number of fused-ring (bicyclic) bond motifs is 3. The molecule has 1 amide bonds. The summed E-state index contributed by atoms with van der Waals surface area (Å²) in [4.78, 5) is 13.1. The zero-order chi connectivity index (χ0) is 22.9. The van der Waals surface area contributed by atoms with Crippen LogP contribution in [0.3, 0.4) is 0 Å². The van der Waals surface area contributed by atoms with E-state index in [1.165, 1.54) is 0 Å². The van der Waals surface area contributed by atoms with Crippen molar-refractivity contribution in [3.63, 3.8) is 0 Å². The number of carbonyl (C=O) groups is 1. The van der Waals surface area contributed by atoms with E-state index in [0.717, 1.165) is 60.2 Å². The summed E-state index contributed by atoms with van der Waals surface area (Å²) in [7, 11) is 0. The molecule has 5 heteroatoms. The molecule has 3 aliphatic rings. The second-order valence-corrected chi connectivity index (χ2v) is 9.89. The molecule has 3 saturated heterocycles. The Morgan fingerprint density at radius 3 is 1.68 bits per heavy atom. The third kappa shape index (κ3) is 4.00. The number of halogens is 1. The van der Waals surface area contributed by atoms with E-state index in [4.69, 9.17) is 0 Å². The molecular weight excluding hydrogens is 488 g/mol. The Balaban J connectivity index is 0.00000274. The zero-order valence-electron chi connectivity index (χ0n) is 19.7. The molecule has 2 N–H and O–H groups in total. The number of benzene rings is 3. The van der Waals surface area contributed by atoms with Gasteiger partial charge >= 0.3 is 0 Å². The number of piperidine rings is 3. The summed E-state index contributed by atoms with van der Waals surface area (Å²) < 4.78 is 0.806. The Kier molecular flexibility index (Phi) is 6.99. The van der Waals surface area contributed by atoms with Gasteiger partial charge in [0.05, 0.1) is 19.6 Å². The Labute approximate surface area is 213 Å². The van der Waals surface area contributed by atoms with Crippen LogP contribution in [0.15, 0.2) is 91.0 Å². The van der Waals surface area contributed by atoms with Gasteiger partial charge < -0.3 is 31.9 Å². The summed E-state index contributed by atoms with van der Waals surface area (Å²) in [6, 6.07) is 29.9. The van der Waals surface area contributed by atoms with Gasteiger partial charge in [-0.3, -0.25) is 4.79 Å². The van der Waals surface area contributed by atoms with Crippen molar-refractivity contribution in [3.8, 4) is 0 Å². The molecule has 3 aromatic rings. The first-order chi connectivity index (χ1) is 16.0. The molecule has 0 aromatic heterocycles. The van der Waals surface area contributed by atoms with Crippen molar-refractivity contribution in [2.45, 2.75) is 37.8 Å². The fraction of sp³-hybridized carbons (Fsp3) is 0.345. The van der Waals surface area contributed by atoms with Crippen molar-refractivity contribution in [3.05, 3.63) is 102 Å². The number of hydrogen-bond acceptors (Lipinski definition) is 2. The van der Waals surface area contributed by atoms with E-state index in [1.807, 2.05) is 66.7 Å². The summed E-state index contributed by atoms with van der Waals surface area (Å²) >= 11 is 0. The molecule has 0 aliphatic carbocycles. The third-order valence-electron chi connectivity index (χ3n) is 8.50. The first-order valence-corrected chi connectivity index (χ1v) is 12.0. The van der Waals surface area contributed by atoms with Crippen molar-refractivity contribution < 1.29 is 31.4 Å². The summed E-state index contributed by atoms with van der Waals surface area (Å²) in [5.74, 6) is 0.0805. The lowest BCUT2D eigenvalue weighted by Gasteiger charge is -2.61. The molecule has 4 nitrogen and oxygen atoms in total. The molecule has 0 spiro atoms. The molecule has 0 radical (unpaired) electrons. The minimum absolute atomic E-state index is 0. The minimum Gasteiger partial charge on any atom is -1.00 e. The molecule has 0 unspecified atom stereocenters. The van der Waals surface area contributed by atoms with E-state index in [1.54, 1.807) is 0 Å². The van der Waals surface area contributed by atoms with Gasteiger partial charge in [-0.2, -0.15) is 0 Å². The van der Waals surface area contributed by atoms with Crippen LogP contribution < -0.4 is 22.3 Å². The minimum atomic E-state index is -1.04. The van der Waals surface area contributed by atoms with E-state index in [2.05, 4.69) is 36.5 Å². The quantitative estimate of drug-likeness (QED) is 0.488. The lowest BCUT2D eigenvalue weighted by Crippen LogP contribution is -3.00. The fourth-order valence-electron chi connectivity index (χ4n) is 6.30. The van der Waals surface area contributed by atoms with E-state index in [9.17, 15) is 9.90 Å². The van der Waals surface area contributed by atoms with Crippen LogP contribution >= 0.6 is 0 Å². The standard InChI is InChI=1S/C29H32N2O2.BrH/c1-23(27(32)30-26-15-9-4-10-16-26)31-20-17-28(18-21-31,19-22-31)29(33,24-11-5-2-6-12-24)25-13-7-3-8-14-25;/h2-16,23,33H,17-22H2,1H3;1H/t23-,28?,31?;/m0./s1. The second-order valence-electron chi connectivity index (χ2n) is 9.89. The highest BCUT2D eigenvalue weighted by Gasteiger charge is 2.61. The average molecular weight is 521 g/mol. The normalized spacial score (nSPS) is 24.6. The van der Waals surface area contributed by atoms with Gasteiger partial charge in [-0.1, -0.05) is 78.9 Å². The number of aliphatic hydroxyl groups is 1. The van der Waals surface area contributed by atoms with Gasteiger partial charge in [-0.25, -0.2) is 0 Å². The predicted octanol–water partition coefficient (Wildman–Crippen LogP) is 1.95. The Hall–Kier alpha value is -2.47. The number of quaternary nitrogens is 1. The van der Waals surface area contributed by atoms with Crippen LogP contribution in [-0.2, 0) is 10.4 Å². The number of nitrogens with zero attached hydrogens (tertiary/aromatic N) is 1. The number of nitrogens with one attached hydrogen (secondary N) is 1. The Morgan fingerprint density at radius 1 is 0.824 bits per heavy atom. The van der Waals surface area contributed by atoms with Gasteiger partial charge in [0.2, 0.25) is 0 Å². The van der Waals surface area contributed by atoms with Gasteiger partial charge in [0, 0.05) is 30.4 Å². The summed E-state index contributed by atoms with van der Waals surface area (Å²) in [6.07, 6.45) is 2.70. The van der Waals surface area contributed by atoms with Gasteiger partial charge in [-0.05, 0) is 30.2 Å². The van der Waals surface area contributed by atoms with Crippen LogP contribution in [0.1, 0.15) is 37.3 Å². The molecule has 3 aliphatic heterocycles. The largest absolute Gasteiger partial charge is 1.00 e. The summed E-state index contributed by atoms with van der Waals surface area (Å²) in [5.41, 5.74) is 1.51. The van der Waals surface area contributed by atoms with Crippen LogP contribution in [0.25, 0.3) is 0 Å². The number of anilines is 1. The molecule has 3 fully saturated rings. The molecule has 178 valence electrons. The third-order valence-corrected chi connectivity index (χ3v) is 8.50. The molecule has 2 bridgehead atoms. The van der Waals surface area contributed by atoms with E-state index in [0.29, 0.717) is 0 Å². The molecule has 6 rings (SSSR count). The van der Waals surface area contributed by atoms with Crippen LogP contribution in [0.4, 0.5) is 5.69 Å². The highest BCUT2D eigenvalue weighted by Crippen LogP contribution is 2.57. The van der Waals surface area contributed by atoms with Crippen molar-refractivity contribution in [1.82, 2.24) is 0 Å². The van der Waals surface area contributed by atoms with Gasteiger partial charge in [-0.15, -0.1) is 0 Å². The van der Waals surface area contributed by atoms with E-state index in [-0.39, 0.29) is 34.3 Å².